The topological polar surface area (TPSA) is 86.8 Å². The Morgan fingerprint density at radius 2 is 1.46 bits per heavy atom. The van der Waals surface area contributed by atoms with Crippen molar-refractivity contribution >= 4 is 39.1 Å². The van der Waals surface area contributed by atoms with Crippen LogP contribution in [0.4, 0.5) is 5.69 Å². The van der Waals surface area contributed by atoms with Crippen LogP contribution in [0.5, 0.6) is 0 Å². The van der Waals surface area contributed by atoms with E-state index in [0.717, 1.165) is 16.3 Å². The van der Waals surface area contributed by atoms with Gasteiger partial charge in [0.2, 0.25) is 11.8 Å². The number of hydrogen-bond donors (Lipinski definition) is 1. The molecule has 0 aliphatic heterocycles. The maximum Gasteiger partial charge on any atom is 0.264 e. The van der Waals surface area contributed by atoms with E-state index in [1.807, 2.05) is 13.8 Å². The summed E-state index contributed by atoms with van der Waals surface area (Å²) in [6.45, 7) is 5.12. The van der Waals surface area contributed by atoms with Gasteiger partial charge in [-0.2, -0.15) is 0 Å². The molecule has 0 bridgehead atoms. The van der Waals surface area contributed by atoms with Gasteiger partial charge in [0, 0.05) is 17.6 Å². The average molecular weight is 542 g/mol. The van der Waals surface area contributed by atoms with Crippen molar-refractivity contribution in [3.05, 3.63) is 95.5 Å². The minimum absolute atomic E-state index is 0.0679. The summed E-state index contributed by atoms with van der Waals surface area (Å²) in [7, 11) is -4.06. The summed E-state index contributed by atoms with van der Waals surface area (Å²) in [4.78, 5) is 28.3. The predicted molar refractivity (Wildman–Crippen MR) is 147 cm³/mol. The molecule has 0 fully saturated rings. The fourth-order valence-corrected chi connectivity index (χ4v) is 5.24. The highest BCUT2D eigenvalue weighted by molar-refractivity contribution is 7.92. The highest BCUT2D eigenvalue weighted by atomic mass is 35.5. The first-order valence-electron chi connectivity index (χ1n) is 12.1. The number of anilines is 1. The Kier molecular flexibility index (Phi) is 9.72. The molecule has 9 heteroatoms. The zero-order valence-corrected chi connectivity index (χ0v) is 22.7. The van der Waals surface area contributed by atoms with Crippen LogP contribution in [0.2, 0.25) is 5.02 Å². The fraction of sp³-hybridized carbons (Fsp3) is 0.286. The van der Waals surface area contributed by atoms with Gasteiger partial charge in [-0.1, -0.05) is 67.1 Å². The number of nitrogens with one attached hydrogen (secondary N) is 1. The van der Waals surface area contributed by atoms with Gasteiger partial charge in [-0.3, -0.25) is 13.9 Å². The molecular formula is C28H32ClN3O4S. The smallest absolute Gasteiger partial charge is 0.264 e. The highest BCUT2D eigenvalue weighted by Gasteiger charge is 2.32. The molecule has 3 aromatic carbocycles. The third-order valence-electron chi connectivity index (χ3n) is 6.09. The van der Waals surface area contributed by atoms with Gasteiger partial charge in [-0.25, -0.2) is 8.42 Å². The van der Waals surface area contributed by atoms with Crippen molar-refractivity contribution in [1.82, 2.24) is 10.2 Å². The zero-order chi connectivity index (χ0) is 27.0. The quantitative estimate of drug-likeness (QED) is 0.375. The van der Waals surface area contributed by atoms with Gasteiger partial charge in [0.25, 0.3) is 10.0 Å². The normalized spacial score (nSPS) is 12.9. The van der Waals surface area contributed by atoms with Crippen LogP contribution in [0.3, 0.4) is 0 Å². The molecule has 0 heterocycles. The second-order valence-corrected chi connectivity index (χ2v) is 11.1. The maximum absolute atomic E-state index is 13.8. The van der Waals surface area contributed by atoms with Crippen LogP contribution in [0.1, 0.15) is 32.8 Å². The summed E-state index contributed by atoms with van der Waals surface area (Å²) in [6, 6.07) is 22.5. The molecule has 7 nitrogen and oxygen atoms in total. The lowest BCUT2D eigenvalue weighted by Gasteiger charge is -2.32. The molecule has 196 valence electrons. The van der Waals surface area contributed by atoms with Crippen molar-refractivity contribution < 1.29 is 18.0 Å². The Morgan fingerprint density at radius 3 is 2.03 bits per heavy atom. The van der Waals surface area contributed by atoms with Crippen molar-refractivity contribution in [3.8, 4) is 0 Å². The number of halogens is 1. The first-order chi connectivity index (χ1) is 17.6. The lowest BCUT2D eigenvalue weighted by Crippen LogP contribution is -2.52. The molecule has 0 aromatic heterocycles. The number of carbonyl (C=O) groups is 2. The van der Waals surface area contributed by atoms with Crippen molar-refractivity contribution in [2.24, 2.45) is 0 Å². The second-order valence-electron chi connectivity index (χ2n) is 8.80. The minimum atomic E-state index is -4.06. The second kappa shape index (κ2) is 12.7. The van der Waals surface area contributed by atoms with E-state index in [0.29, 0.717) is 10.7 Å². The number of rotatable bonds is 11. The molecule has 37 heavy (non-hydrogen) atoms. The molecule has 2 atom stereocenters. The largest absolute Gasteiger partial charge is 0.352 e. The lowest BCUT2D eigenvalue weighted by atomic mass is 10.1. The summed E-state index contributed by atoms with van der Waals surface area (Å²) >= 11 is 6.02. The number of para-hydroxylation sites is 1. The van der Waals surface area contributed by atoms with Gasteiger partial charge in [-0.05, 0) is 62.2 Å². The minimum Gasteiger partial charge on any atom is -0.352 e. The number of sulfonamides is 1. The lowest BCUT2D eigenvalue weighted by molar-refractivity contribution is -0.139. The third kappa shape index (κ3) is 7.33. The Morgan fingerprint density at radius 1 is 0.892 bits per heavy atom. The number of nitrogens with zero attached hydrogens (tertiary/aromatic N) is 2. The van der Waals surface area contributed by atoms with Crippen LogP contribution in [0.25, 0.3) is 0 Å². The first kappa shape index (κ1) is 28.2. The monoisotopic (exact) mass is 541 g/mol. The summed E-state index contributed by atoms with van der Waals surface area (Å²) in [6.07, 6.45) is 0.737. The Bertz CT molecular complexity index is 1290. The first-order valence-corrected chi connectivity index (χ1v) is 13.9. The standard InChI is InChI=1S/C28H32ClN3O4S/c1-4-21(2)30-28(34)22(3)31(19-23-15-17-24(29)18-16-23)27(33)20-32(25-11-7-5-8-12-25)37(35,36)26-13-9-6-10-14-26/h5-18,21-22H,4,19-20H2,1-3H3,(H,30,34)/t21-,22-/m1/s1. The number of benzene rings is 3. The summed E-state index contributed by atoms with van der Waals surface area (Å²) in [5, 5.41) is 3.46. The van der Waals surface area contributed by atoms with E-state index < -0.39 is 28.5 Å². The number of hydrogen-bond acceptors (Lipinski definition) is 4. The molecule has 1 N–H and O–H groups in total. The molecule has 0 saturated carbocycles. The van der Waals surface area contributed by atoms with Gasteiger partial charge in [0.15, 0.2) is 0 Å². The van der Waals surface area contributed by atoms with E-state index in [9.17, 15) is 18.0 Å². The number of carbonyl (C=O) groups excluding carboxylic acids is 2. The van der Waals surface area contributed by atoms with E-state index in [2.05, 4.69) is 5.32 Å². The SMILES string of the molecule is CC[C@@H](C)NC(=O)[C@@H](C)N(Cc1ccc(Cl)cc1)C(=O)CN(c1ccccc1)S(=O)(=O)c1ccccc1. The molecule has 0 saturated heterocycles. The molecule has 0 radical (unpaired) electrons. The van der Waals surface area contributed by atoms with E-state index in [-0.39, 0.29) is 23.4 Å². The zero-order valence-electron chi connectivity index (χ0n) is 21.2. The van der Waals surface area contributed by atoms with Crippen LogP contribution in [0.15, 0.2) is 89.8 Å². The average Bonchev–Trinajstić information content (AvgIpc) is 2.91. The Hall–Kier alpha value is -3.36. The van der Waals surface area contributed by atoms with E-state index >= 15 is 0 Å². The maximum atomic E-state index is 13.8. The molecule has 3 rings (SSSR count). The van der Waals surface area contributed by atoms with Crippen LogP contribution in [0, 0.1) is 0 Å². The molecular weight excluding hydrogens is 510 g/mol. The van der Waals surface area contributed by atoms with E-state index in [1.54, 1.807) is 79.7 Å². The van der Waals surface area contributed by atoms with E-state index in [4.69, 9.17) is 11.6 Å². The van der Waals surface area contributed by atoms with Crippen molar-refractivity contribution in [2.75, 3.05) is 10.8 Å². The van der Waals surface area contributed by atoms with Gasteiger partial charge in [0.1, 0.15) is 12.6 Å². The molecule has 0 spiro atoms. The van der Waals surface area contributed by atoms with Gasteiger partial charge in [-0.15, -0.1) is 0 Å². The third-order valence-corrected chi connectivity index (χ3v) is 8.13. The Balaban J connectivity index is 1.98. The number of amides is 2. The van der Waals surface area contributed by atoms with Crippen LogP contribution >= 0.6 is 11.6 Å². The van der Waals surface area contributed by atoms with Gasteiger partial charge in [0.05, 0.1) is 10.6 Å². The summed E-state index contributed by atoms with van der Waals surface area (Å²) < 4.78 is 28.4. The molecule has 2 amide bonds. The summed E-state index contributed by atoms with van der Waals surface area (Å²) in [5.41, 5.74) is 1.11. The van der Waals surface area contributed by atoms with Gasteiger partial charge < -0.3 is 10.2 Å². The summed E-state index contributed by atoms with van der Waals surface area (Å²) in [5.74, 6) is -0.820. The predicted octanol–water partition coefficient (Wildman–Crippen LogP) is 4.87. The fourth-order valence-electron chi connectivity index (χ4n) is 3.68. The van der Waals surface area contributed by atoms with E-state index in [1.165, 1.54) is 17.0 Å². The van der Waals surface area contributed by atoms with Crippen molar-refractivity contribution in [1.29, 1.82) is 0 Å². The molecule has 0 aliphatic carbocycles. The van der Waals surface area contributed by atoms with Crippen LogP contribution in [-0.2, 0) is 26.2 Å². The Labute approximate surface area is 224 Å². The highest BCUT2D eigenvalue weighted by Crippen LogP contribution is 2.24. The van der Waals surface area contributed by atoms with Gasteiger partial charge >= 0.3 is 0 Å². The molecule has 0 aliphatic rings. The van der Waals surface area contributed by atoms with Crippen LogP contribution in [-0.4, -0.2) is 43.8 Å². The van der Waals surface area contributed by atoms with Crippen molar-refractivity contribution in [3.63, 3.8) is 0 Å². The molecule has 3 aromatic rings. The van der Waals surface area contributed by atoms with Crippen LogP contribution < -0.4 is 9.62 Å². The molecule has 0 unspecified atom stereocenters. The van der Waals surface area contributed by atoms with Crippen molar-refractivity contribution in [2.45, 2.75) is 50.7 Å².